The number of hydrogen-bond acceptors (Lipinski definition) is 4. The Kier molecular flexibility index (Phi) is 3.22. The van der Waals surface area contributed by atoms with Crippen LogP contribution in [0.1, 0.15) is 10.4 Å². The Morgan fingerprint density at radius 2 is 2.33 bits per heavy atom. The smallest absolute Gasteiger partial charge is 0.257 e. The van der Waals surface area contributed by atoms with Crippen molar-refractivity contribution in [2.75, 3.05) is 5.32 Å². The van der Waals surface area contributed by atoms with E-state index in [0.29, 0.717) is 11.3 Å². The fourth-order valence-electron chi connectivity index (χ4n) is 1.31. The number of nitrogens with zero attached hydrogens (tertiary/aromatic N) is 6. The van der Waals surface area contributed by atoms with Gasteiger partial charge in [0, 0.05) is 24.4 Å². The Bertz CT molecular complexity index is 609. The van der Waals surface area contributed by atoms with Crippen molar-refractivity contribution in [1.29, 1.82) is 0 Å². The summed E-state index contributed by atoms with van der Waals surface area (Å²) in [5, 5.41) is 9.92. The normalized spacial score (nSPS) is 9.61. The summed E-state index contributed by atoms with van der Waals surface area (Å²) in [7, 11) is 1.76. The highest BCUT2D eigenvalue weighted by atomic mass is 16.1. The highest BCUT2D eigenvalue weighted by Gasteiger charge is 2.07. The van der Waals surface area contributed by atoms with Crippen molar-refractivity contribution >= 4 is 17.4 Å². The minimum Gasteiger partial charge on any atom is -0.319 e. The lowest BCUT2D eigenvalue weighted by atomic mass is 10.2. The monoisotopic (exact) mass is 243 g/mol. The molecular formula is C10H9N7O. The molecule has 2 aromatic heterocycles. The van der Waals surface area contributed by atoms with Crippen molar-refractivity contribution in [2.24, 2.45) is 12.2 Å². The lowest BCUT2D eigenvalue weighted by molar-refractivity contribution is 0.102. The number of anilines is 1. The van der Waals surface area contributed by atoms with Gasteiger partial charge in [-0.1, -0.05) is 0 Å². The number of hydrogen-bond donors (Lipinski definition) is 1. The summed E-state index contributed by atoms with van der Waals surface area (Å²) in [5.74, 6) is -0.0848. The molecule has 2 heterocycles. The van der Waals surface area contributed by atoms with Crippen molar-refractivity contribution in [2.45, 2.75) is 0 Å². The number of aryl methyl sites for hydroxylation is 1. The van der Waals surface area contributed by atoms with Gasteiger partial charge < -0.3 is 5.32 Å². The second-order valence-electron chi connectivity index (χ2n) is 3.45. The first kappa shape index (κ1) is 11.6. The van der Waals surface area contributed by atoms with Gasteiger partial charge in [-0.3, -0.25) is 14.5 Å². The summed E-state index contributed by atoms with van der Waals surface area (Å²) in [6.07, 6.45) is 4.56. The number of amides is 1. The molecule has 8 nitrogen and oxygen atoms in total. The van der Waals surface area contributed by atoms with Crippen LogP contribution in [0.25, 0.3) is 10.4 Å². The van der Waals surface area contributed by atoms with Gasteiger partial charge in [-0.25, -0.2) is 0 Å². The summed E-state index contributed by atoms with van der Waals surface area (Å²) >= 11 is 0. The summed E-state index contributed by atoms with van der Waals surface area (Å²) < 4.78 is 1.58. The number of rotatable bonds is 3. The standard InChI is InChI=1S/C10H9N7O/c1-17-6-8(5-13-17)14-10(18)7-2-3-9(12-4-7)15-16-11/h2-6H,1H3,(H,14,18). The van der Waals surface area contributed by atoms with E-state index >= 15 is 0 Å². The number of carbonyl (C=O) groups excluding carboxylic acids is 1. The Morgan fingerprint density at radius 3 is 2.89 bits per heavy atom. The summed E-state index contributed by atoms with van der Waals surface area (Å²) in [5.41, 5.74) is 9.19. The number of pyridine rings is 1. The first-order valence-corrected chi connectivity index (χ1v) is 5.00. The molecule has 0 radical (unpaired) electrons. The molecule has 90 valence electrons. The topological polar surface area (TPSA) is 109 Å². The van der Waals surface area contributed by atoms with E-state index in [1.165, 1.54) is 18.3 Å². The first-order valence-electron chi connectivity index (χ1n) is 5.00. The quantitative estimate of drug-likeness (QED) is 0.505. The van der Waals surface area contributed by atoms with E-state index in [-0.39, 0.29) is 11.7 Å². The van der Waals surface area contributed by atoms with E-state index in [4.69, 9.17) is 5.53 Å². The predicted molar refractivity (Wildman–Crippen MR) is 64.2 cm³/mol. The van der Waals surface area contributed by atoms with Crippen LogP contribution < -0.4 is 5.32 Å². The SMILES string of the molecule is Cn1cc(NC(=O)c2ccc(N=[N+]=[N-])nc2)cn1. The molecule has 2 aromatic rings. The maximum Gasteiger partial charge on any atom is 0.257 e. The summed E-state index contributed by atoms with van der Waals surface area (Å²) in [6, 6.07) is 3.00. The van der Waals surface area contributed by atoms with Gasteiger partial charge in [0.15, 0.2) is 0 Å². The highest BCUT2D eigenvalue weighted by Crippen LogP contribution is 2.11. The summed E-state index contributed by atoms with van der Waals surface area (Å²) in [4.78, 5) is 18.2. The zero-order valence-corrected chi connectivity index (χ0v) is 9.48. The molecule has 18 heavy (non-hydrogen) atoms. The minimum atomic E-state index is -0.303. The maximum atomic E-state index is 11.8. The van der Waals surface area contributed by atoms with Gasteiger partial charge in [-0.05, 0) is 22.8 Å². The second-order valence-corrected chi connectivity index (χ2v) is 3.45. The van der Waals surface area contributed by atoms with E-state index in [0.717, 1.165) is 0 Å². The molecule has 0 aliphatic heterocycles. The van der Waals surface area contributed by atoms with Gasteiger partial charge in [0.05, 0.1) is 17.4 Å². The fraction of sp³-hybridized carbons (Fsp3) is 0.100. The molecule has 0 fully saturated rings. The van der Waals surface area contributed by atoms with Crippen molar-refractivity contribution in [3.63, 3.8) is 0 Å². The third-order valence-electron chi connectivity index (χ3n) is 2.12. The maximum absolute atomic E-state index is 11.8. The van der Waals surface area contributed by atoms with E-state index in [1.807, 2.05) is 0 Å². The lowest BCUT2D eigenvalue weighted by Gasteiger charge is -2.01. The number of nitrogens with one attached hydrogen (secondary N) is 1. The van der Waals surface area contributed by atoms with E-state index in [2.05, 4.69) is 25.4 Å². The number of azide groups is 1. The van der Waals surface area contributed by atoms with Gasteiger partial charge in [0.25, 0.3) is 5.91 Å². The molecule has 1 amide bonds. The molecule has 0 saturated heterocycles. The molecule has 0 unspecified atom stereocenters. The molecule has 1 N–H and O–H groups in total. The third-order valence-corrected chi connectivity index (χ3v) is 2.12. The van der Waals surface area contributed by atoms with Crippen molar-refractivity contribution in [3.8, 4) is 0 Å². The molecule has 0 bridgehead atoms. The van der Waals surface area contributed by atoms with E-state index in [1.54, 1.807) is 24.1 Å². The van der Waals surface area contributed by atoms with Crippen LogP contribution in [0.5, 0.6) is 0 Å². The number of aromatic nitrogens is 3. The Labute approximate surface area is 102 Å². The van der Waals surface area contributed by atoms with Gasteiger partial charge in [-0.2, -0.15) is 5.10 Å². The van der Waals surface area contributed by atoms with Crippen LogP contribution in [0.4, 0.5) is 11.5 Å². The van der Waals surface area contributed by atoms with Crippen LogP contribution in [0.15, 0.2) is 35.8 Å². The molecule has 0 atom stereocenters. The average molecular weight is 243 g/mol. The average Bonchev–Trinajstić information content (AvgIpc) is 2.76. The van der Waals surface area contributed by atoms with Crippen molar-refractivity contribution in [1.82, 2.24) is 14.8 Å². The van der Waals surface area contributed by atoms with Crippen LogP contribution in [0.3, 0.4) is 0 Å². The van der Waals surface area contributed by atoms with E-state index in [9.17, 15) is 4.79 Å². The Morgan fingerprint density at radius 1 is 1.50 bits per heavy atom. The first-order chi connectivity index (χ1) is 8.69. The Hall–Kier alpha value is -2.86. The third kappa shape index (κ3) is 2.63. The van der Waals surface area contributed by atoms with Gasteiger partial charge in [0.2, 0.25) is 0 Å². The zero-order valence-electron chi connectivity index (χ0n) is 9.48. The van der Waals surface area contributed by atoms with Crippen LogP contribution in [-0.2, 0) is 7.05 Å². The molecule has 0 aliphatic rings. The molecule has 0 spiro atoms. The van der Waals surface area contributed by atoms with Crippen LogP contribution >= 0.6 is 0 Å². The minimum absolute atomic E-state index is 0.218. The van der Waals surface area contributed by atoms with Gasteiger partial charge in [0.1, 0.15) is 5.82 Å². The van der Waals surface area contributed by atoms with Crippen LogP contribution in [0, 0.1) is 0 Å². The second kappa shape index (κ2) is 4.98. The molecule has 8 heteroatoms. The molecule has 0 aromatic carbocycles. The fourth-order valence-corrected chi connectivity index (χ4v) is 1.31. The van der Waals surface area contributed by atoms with Crippen molar-refractivity contribution in [3.05, 3.63) is 46.7 Å². The summed E-state index contributed by atoms with van der Waals surface area (Å²) in [6.45, 7) is 0. The zero-order chi connectivity index (χ0) is 13.0. The number of carbonyl (C=O) groups is 1. The molecule has 0 saturated carbocycles. The predicted octanol–water partition coefficient (Wildman–Crippen LogP) is 2.01. The molecule has 0 aliphatic carbocycles. The van der Waals surface area contributed by atoms with Crippen molar-refractivity contribution < 1.29 is 4.79 Å². The van der Waals surface area contributed by atoms with Crippen LogP contribution in [0.2, 0.25) is 0 Å². The largest absolute Gasteiger partial charge is 0.319 e. The molecular weight excluding hydrogens is 234 g/mol. The van der Waals surface area contributed by atoms with E-state index < -0.39 is 0 Å². The van der Waals surface area contributed by atoms with Gasteiger partial charge in [-0.15, -0.1) is 0 Å². The highest BCUT2D eigenvalue weighted by molar-refractivity contribution is 6.03. The Balaban J connectivity index is 2.11. The van der Waals surface area contributed by atoms with Crippen LogP contribution in [-0.4, -0.2) is 20.7 Å². The molecule has 2 rings (SSSR count). The van der Waals surface area contributed by atoms with Gasteiger partial charge >= 0.3 is 0 Å². The lowest BCUT2D eigenvalue weighted by Crippen LogP contribution is -2.11.